The van der Waals surface area contributed by atoms with Gasteiger partial charge >= 0.3 is 6.18 Å². The molecule has 0 aliphatic heterocycles. The van der Waals surface area contributed by atoms with Gasteiger partial charge in [-0.2, -0.15) is 13.2 Å². The van der Waals surface area contributed by atoms with Crippen molar-refractivity contribution in [3.05, 3.63) is 11.9 Å². The highest BCUT2D eigenvalue weighted by atomic mass is 19.4. The van der Waals surface area contributed by atoms with Crippen molar-refractivity contribution in [3.8, 4) is 0 Å². The third-order valence-corrected chi connectivity index (χ3v) is 4.30. The highest BCUT2D eigenvalue weighted by Crippen LogP contribution is 2.43. The maximum absolute atomic E-state index is 13.3. The first kappa shape index (κ1) is 16.3. The van der Waals surface area contributed by atoms with Crippen LogP contribution in [0.15, 0.2) is 6.20 Å². The number of rotatable bonds is 5. The molecule has 1 saturated carbocycles. The van der Waals surface area contributed by atoms with Crippen molar-refractivity contribution >= 4 is 0 Å². The Morgan fingerprint density at radius 2 is 2.10 bits per heavy atom. The van der Waals surface area contributed by atoms with Crippen molar-refractivity contribution in [2.75, 3.05) is 6.54 Å². The molecule has 1 fully saturated rings. The van der Waals surface area contributed by atoms with Gasteiger partial charge in [0, 0.05) is 25.7 Å². The van der Waals surface area contributed by atoms with Gasteiger partial charge in [0.2, 0.25) is 0 Å². The van der Waals surface area contributed by atoms with Gasteiger partial charge in [0.05, 0.1) is 11.6 Å². The van der Waals surface area contributed by atoms with Crippen LogP contribution in [0.1, 0.15) is 38.3 Å². The molecule has 2 rings (SSSR count). The number of hydrogen-bond donors (Lipinski definition) is 1. The summed E-state index contributed by atoms with van der Waals surface area (Å²) in [6, 6.07) is -0.196. The summed E-state index contributed by atoms with van der Waals surface area (Å²) in [5.41, 5.74) is 0.745. The van der Waals surface area contributed by atoms with Crippen LogP contribution in [0.25, 0.3) is 0 Å². The van der Waals surface area contributed by atoms with Gasteiger partial charge in [0.25, 0.3) is 0 Å². The van der Waals surface area contributed by atoms with Crippen LogP contribution in [-0.2, 0) is 13.5 Å². The summed E-state index contributed by atoms with van der Waals surface area (Å²) in [5, 5.41) is 11.1. The van der Waals surface area contributed by atoms with Crippen molar-refractivity contribution < 1.29 is 13.2 Å². The smallest absolute Gasteiger partial charge is 0.314 e. The summed E-state index contributed by atoms with van der Waals surface area (Å²) in [4.78, 5) is 0. The van der Waals surface area contributed by atoms with E-state index in [4.69, 9.17) is 0 Å². The zero-order valence-corrected chi connectivity index (χ0v) is 12.5. The quantitative estimate of drug-likeness (QED) is 0.909. The molecule has 120 valence electrons. The number of halogens is 3. The Kier molecular flexibility index (Phi) is 5.24. The maximum atomic E-state index is 13.3. The van der Waals surface area contributed by atoms with Gasteiger partial charge in [-0.05, 0) is 25.3 Å². The minimum absolute atomic E-state index is 0.196. The Balaban J connectivity index is 2.14. The normalized spacial score (nSPS) is 25.0. The molecule has 4 nitrogen and oxygen atoms in total. The van der Waals surface area contributed by atoms with E-state index < -0.39 is 12.1 Å². The molecule has 0 aromatic carbocycles. The van der Waals surface area contributed by atoms with E-state index in [0.717, 1.165) is 12.1 Å². The molecule has 1 aromatic rings. The van der Waals surface area contributed by atoms with Gasteiger partial charge in [-0.1, -0.05) is 25.0 Å². The van der Waals surface area contributed by atoms with Crippen LogP contribution in [-0.4, -0.2) is 33.8 Å². The number of alkyl halides is 3. The molecule has 0 spiro atoms. The van der Waals surface area contributed by atoms with Crippen LogP contribution < -0.4 is 5.32 Å². The number of likely N-dealkylation sites (N-methyl/N-ethyl adjacent to an activating group) is 1. The third kappa shape index (κ3) is 4.18. The molecule has 21 heavy (non-hydrogen) atoms. The van der Waals surface area contributed by atoms with E-state index in [0.29, 0.717) is 25.8 Å². The number of aryl methyl sites for hydroxylation is 1. The van der Waals surface area contributed by atoms with E-state index in [2.05, 4.69) is 15.6 Å². The summed E-state index contributed by atoms with van der Waals surface area (Å²) in [6.45, 7) is 2.58. The summed E-state index contributed by atoms with van der Waals surface area (Å²) in [5.74, 6) is -1.58. The molecule has 1 aliphatic rings. The van der Waals surface area contributed by atoms with E-state index in [1.54, 1.807) is 17.9 Å². The predicted octanol–water partition coefficient (Wildman–Crippen LogP) is 2.70. The van der Waals surface area contributed by atoms with Crippen LogP contribution >= 0.6 is 0 Å². The topological polar surface area (TPSA) is 42.7 Å². The fraction of sp³-hybridized carbons (Fsp3) is 0.857. The Morgan fingerprint density at radius 3 is 2.67 bits per heavy atom. The van der Waals surface area contributed by atoms with Crippen LogP contribution in [0.3, 0.4) is 0 Å². The largest absolute Gasteiger partial charge is 0.392 e. The van der Waals surface area contributed by atoms with E-state index in [9.17, 15) is 13.2 Å². The summed E-state index contributed by atoms with van der Waals surface area (Å²) in [6.07, 6.45) is 0.582. The lowest BCUT2D eigenvalue weighted by Gasteiger charge is -2.38. The van der Waals surface area contributed by atoms with Gasteiger partial charge in [0.1, 0.15) is 0 Å². The Labute approximate surface area is 123 Å². The van der Waals surface area contributed by atoms with Gasteiger partial charge in [-0.25, -0.2) is 0 Å². The molecule has 1 aliphatic carbocycles. The van der Waals surface area contributed by atoms with Crippen molar-refractivity contribution in [2.45, 2.75) is 51.2 Å². The first-order chi connectivity index (χ1) is 9.91. The molecule has 1 aromatic heterocycles. The molecule has 3 unspecified atom stereocenters. The SMILES string of the molecule is CCNC(Cc1cn(C)nn1)C1CCCCC1C(F)(F)F. The second-order valence-corrected chi connectivity index (χ2v) is 5.85. The van der Waals surface area contributed by atoms with Crippen molar-refractivity contribution in [3.63, 3.8) is 0 Å². The van der Waals surface area contributed by atoms with Crippen LogP contribution in [0.5, 0.6) is 0 Å². The predicted molar refractivity (Wildman–Crippen MR) is 73.7 cm³/mol. The molecule has 1 N–H and O–H groups in total. The number of nitrogens with zero attached hydrogens (tertiary/aromatic N) is 3. The lowest BCUT2D eigenvalue weighted by atomic mass is 9.73. The number of nitrogens with one attached hydrogen (secondary N) is 1. The van der Waals surface area contributed by atoms with Gasteiger partial charge < -0.3 is 5.32 Å². The molecule has 0 saturated heterocycles. The zero-order chi connectivity index (χ0) is 15.5. The minimum atomic E-state index is -4.11. The van der Waals surface area contributed by atoms with Crippen LogP contribution in [0.2, 0.25) is 0 Å². The molecule has 7 heteroatoms. The monoisotopic (exact) mass is 304 g/mol. The van der Waals surface area contributed by atoms with Crippen molar-refractivity contribution in [1.82, 2.24) is 20.3 Å². The molecular weight excluding hydrogens is 281 g/mol. The van der Waals surface area contributed by atoms with Gasteiger partial charge in [-0.15, -0.1) is 5.10 Å². The molecule has 0 bridgehead atoms. The van der Waals surface area contributed by atoms with Gasteiger partial charge in [0.15, 0.2) is 0 Å². The molecule has 0 radical (unpaired) electrons. The Hall–Kier alpha value is -1.11. The zero-order valence-electron chi connectivity index (χ0n) is 12.5. The highest BCUT2D eigenvalue weighted by molar-refractivity contribution is 4.99. The van der Waals surface area contributed by atoms with Crippen LogP contribution in [0, 0.1) is 11.8 Å². The lowest BCUT2D eigenvalue weighted by Crippen LogP contribution is -2.46. The number of aromatic nitrogens is 3. The summed E-state index contributed by atoms with van der Waals surface area (Å²) in [7, 11) is 1.76. The average molecular weight is 304 g/mol. The first-order valence-corrected chi connectivity index (χ1v) is 7.57. The molecule has 0 amide bonds. The average Bonchev–Trinajstić information content (AvgIpc) is 2.83. The van der Waals surface area contributed by atoms with Gasteiger partial charge in [-0.3, -0.25) is 4.68 Å². The second-order valence-electron chi connectivity index (χ2n) is 5.85. The van der Waals surface area contributed by atoms with E-state index in [-0.39, 0.29) is 18.4 Å². The van der Waals surface area contributed by atoms with E-state index in [1.165, 1.54) is 0 Å². The molecule has 3 atom stereocenters. The Morgan fingerprint density at radius 1 is 1.38 bits per heavy atom. The van der Waals surface area contributed by atoms with E-state index >= 15 is 0 Å². The molecular formula is C14H23F3N4. The second kappa shape index (κ2) is 6.77. The molecule has 1 heterocycles. The maximum Gasteiger partial charge on any atom is 0.392 e. The highest BCUT2D eigenvalue weighted by Gasteiger charge is 2.47. The Bertz CT molecular complexity index is 444. The minimum Gasteiger partial charge on any atom is -0.314 e. The fourth-order valence-electron chi connectivity index (χ4n) is 3.40. The standard InChI is InChI=1S/C14H23F3N4/c1-3-18-13(8-10-9-21(2)20-19-10)11-6-4-5-7-12(11)14(15,16)17/h9,11-13,18H,3-8H2,1-2H3. The van der Waals surface area contributed by atoms with Crippen molar-refractivity contribution in [2.24, 2.45) is 18.9 Å². The van der Waals surface area contributed by atoms with Crippen molar-refractivity contribution in [1.29, 1.82) is 0 Å². The lowest BCUT2D eigenvalue weighted by molar-refractivity contribution is -0.199. The third-order valence-electron chi connectivity index (χ3n) is 4.30. The summed E-state index contributed by atoms with van der Waals surface area (Å²) >= 11 is 0. The number of hydrogen-bond acceptors (Lipinski definition) is 3. The first-order valence-electron chi connectivity index (χ1n) is 7.57. The fourth-order valence-corrected chi connectivity index (χ4v) is 3.40. The summed E-state index contributed by atoms with van der Waals surface area (Å²) < 4.78 is 41.4. The van der Waals surface area contributed by atoms with E-state index in [1.807, 2.05) is 6.92 Å². The van der Waals surface area contributed by atoms with Crippen LogP contribution in [0.4, 0.5) is 13.2 Å².